The predicted molar refractivity (Wildman–Crippen MR) is 122 cm³/mol. The molecule has 0 aliphatic heterocycles. The normalized spacial score (nSPS) is 15.6. The maximum absolute atomic E-state index is 4.85. The maximum atomic E-state index is 4.85. The summed E-state index contributed by atoms with van der Waals surface area (Å²) in [6.45, 7) is 0. The van der Waals surface area contributed by atoms with Gasteiger partial charge in [0.05, 0.1) is 22.8 Å². The monoisotopic (exact) mass is 387 g/mol. The number of nitrogens with zero attached hydrogens (tertiary/aromatic N) is 3. The first kappa shape index (κ1) is 18.2. The van der Waals surface area contributed by atoms with Crippen molar-refractivity contribution in [3.05, 3.63) is 121 Å². The Morgan fingerprint density at radius 3 is 1.83 bits per heavy atom. The number of hydrogen-bond donors (Lipinski definition) is 0. The molecule has 3 nitrogen and oxygen atoms in total. The second-order valence-electron chi connectivity index (χ2n) is 7.33. The molecule has 3 aromatic heterocycles. The van der Waals surface area contributed by atoms with Crippen LogP contribution in [0.1, 0.15) is 23.5 Å². The van der Waals surface area contributed by atoms with Crippen molar-refractivity contribution in [3.63, 3.8) is 0 Å². The topological polar surface area (TPSA) is 38.7 Å². The van der Waals surface area contributed by atoms with Gasteiger partial charge in [-0.05, 0) is 59.5 Å². The molecule has 30 heavy (non-hydrogen) atoms. The first-order valence-corrected chi connectivity index (χ1v) is 10.2. The van der Waals surface area contributed by atoms with Gasteiger partial charge in [-0.25, -0.2) is 4.98 Å². The quantitative estimate of drug-likeness (QED) is 0.410. The van der Waals surface area contributed by atoms with Gasteiger partial charge in [-0.1, -0.05) is 60.7 Å². The van der Waals surface area contributed by atoms with Crippen LogP contribution in [-0.2, 0) is 0 Å². The Bertz CT molecular complexity index is 1140. The van der Waals surface area contributed by atoms with Gasteiger partial charge < -0.3 is 0 Å². The lowest BCUT2D eigenvalue weighted by molar-refractivity contribution is 0.856. The summed E-state index contributed by atoms with van der Waals surface area (Å²) in [6.07, 6.45) is 11.4. The summed E-state index contributed by atoms with van der Waals surface area (Å²) in [5.74, 6) is 0.419. The molecule has 3 heteroatoms. The van der Waals surface area contributed by atoms with Crippen molar-refractivity contribution in [2.45, 2.75) is 12.3 Å². The number of hydrogen-bond acceptors (Lipinski definition) is 3. The third kappa shape index (κ3) is 3.83. The molecule has 0 radical (unpaired) electrons. The van der Waals surface area contributed by atoms with Crippen molar-refractivity contribution in [1.29, 1.82) is 0 Å². The van der Waals surface area contributed by atoms with E-state index in [0.717, 1.165) is 34.8 Å². The van der Waals surface area contributed by atoms with Crippen LogP contribution in [0.2, 0.25) is 0 Å². The molecular weight excluding hydrogens is 366 g/mol. The van der Waals surface area contributed by atoms with Gasteiger partial charge in [-0.15, -0.1) is 0 Å². The van der Waals surface area contributed by atoms with Gasteiger partial charge in [0.1, 0.15) is 0 Å². The summed E-state index contributed by atoms with van der Waals surface area (Å²) in [6, 6.07) is 26.7. The molecule has 0 fully saturated rings. The van der Waals surface area contributed by atoms with Crippen LogP contribution < -0.4 is 0 Å². The van der Waals surface area contributed by atoms with Crippen molar-refractivity contribution in [2.24, 2.45) is 0 Å². The van der Waals surface area contributed by atoms with E-state index in [4.69, 9.17) is 4.98 Å². The van der Waals surface area contributed by atoms with Crippen LogP contribution in [0, 0.1) is 0 Å². The Hall–Kier alpha value is -3.85. The van der Waals surface area contributed by atoms with E-state index in [-0.39, 0.29) is 0 Å². The Kier molecular flexibility index (Phi) is 5.01. The fraction of sp³-hybridized carbons (Fsp3) is 0.0741. The number of rotatable bonds is 4. The zero-order valence-electron chi connectivity index (χ0n) is 16.5. The highest BCUT2D eigenvalue weighted by Crippen LogP contribution is 2.33. The molecule has 144 valence electrons. The zero-order valence-corrected chi connectivity index (χ0v) is 16.5. The van der Waals surface area contributed by atoms with E-state index in [1.54, 1.807) is 12.4 Å². The van der Waals surface area contributed by atoms with E-state index in [2.05, 4.69) is 70.7 Å². The molecule has 0 spiro atoms. The van der Waals surface area contributed by atoms with E-state index in [9.17, 15) is 0 Å². The molecule has 1 unspecified atom stereocenters. The molecule has 0 N–H and O–H groups in total. The smallest absolute Gasteiger partial charge is 0.0900 e. The second-order valence-corrected chi connectivity index (χ2v) is 7.33. The summed E-state index contributed by atoms with van der Waals surface area (Å²) in [7, 11) is 0. The lowest BCUT2D eigenvalue weighted by Crippen LogP contribution is -2.00. The molecule has 1 aromatic carbocycles. The maximum Gasteiger partial charge on any atom is 0.0900 e. The van der Waals surface area contributed by atoms with Crippen LogP contribution in [0.4, 0.5) is 0 Å². The highest BCUT2D eigenvalue weighted by molar-refractivity contribution is 5.80. The van der Waals surface area contributed by atoms with Gasteiger partial charge in [-0.2, -0.15) is 0 Å². The lowest BCUT2D eigenvalue weighted by Gasteiger charge is -2.17. The minimum atomic E-state index is 0.419. The van der Waals surface area contributed by atoms with Crippen molar-refractivity contribution in [1.82, 2.24) is 15.0 Å². The first-order chi connectivity index (χ1) is 14.9. The van der Waals surface area contributed by atoms with E-state index in [0.29, 0.717) is 5.92 Å². The fourth-order valence-corrected chi connectivity index (χ4v) is 3.77. The van der Waals surface area contributed by atoms with Crippen LogP contribution in [0.15, 0.2) is 109 Å². The Balaban J connectivity index is 1.53. The molecule has 4 aromatic rings. The van der Waals surface area contributed by atoms with Gasteiger partial charge in [0.15, 0.2) is 0 Å². The third-order valence-electron chi connectivity index (χ3n) is 5.34. The highest BCUT2D eigenvalue weighted by atomic mass is 14.8. The Morgan fingerprint density at radius 1 is 0.667 bits per heavy atom. The third-order valence-corrected chi connectivity index (χ3v) is 5.34. The van der Waals surface area contributed by atoms with E-state index in [1.165, 1.54) is 11.1 Å². The number of allylic oxidation sites excluding steroid dienone is 4. The molecule has 0 saturated heterocycles. The van der Waals surface area contributed by atoms with Crippen molar-refractivity contribution >= 4 is 5.57 Å². The Morgan fingerprint density at radius 2 is 1.30 bits per heavy atom. The summed E-state index contributed by atoms with van der Waals surface area (Å²) in [4.78, 5) is 13.9. The van der Waals surface area contributed by atoms with Gasteiger partial charge in [-0.3, -0.25) is 9.97 Å². The van der Waals surface area contributed by atoms with Crippen molar-refractivity contribution in [2.75, 3.05) is 0 Å². The summed E-state index contributed by atoms with van der Waals surface area (Å²) in [5.41, 5.74) is 7.12. The lowest BCUT2D eigenvalue weighted by atomic mass is 9.88. The minimum absolute atomic E-state index is 0.419. The summed E-state index contributed by atoms with van der Waals surface area (Å²) in [5, 5.41) is 0. The van der Waals surface area contributed by atoms with Crippen LogP contribution >= 0.6 is 0 Å². The molecule has 0 amide bonds. The largest absolute Gasteiger partial charge is 0.255 e. The standard InChI is InChI=1S/C27H21N3/c1-2-8-20(9-3-1)21-12-14-22(15-13-21)23-18-26(24-10-4-6-16-28-24)30-27(19-23)25-11-5-7-17-29-25/h1-12,14-19,21H,13H2. The van der Waals surface area contributed by atoms with Crippen molar-refractivity contribution < 1.29 is 0 Å². The van der Waals surface area contributed by atoms with Crippen LogP contribution in [0.5, 0.6) is 0 Å². The van der Waals surface area contributed by atoms with Crippen molar-refractivity contribution in [3.8, 4) is 22.8 Å². The zero-order chi connectivity index (χ0) is 20.2. The molecule has 1 aliphatic rings. The molecule has 1 aliphatic carbocycles. The molecule has 1 atom stereocenters. The SMILES string of the molecule is C1=CC(c2ccccc2)CC=C1c1cc(-c2ccccn2)nc(-c2ccccn2)c1. The average Bonchev–Trinajstić information content (AvgIpc) is 2.85. The first-order valence-electron chi connectivity index (χ1n) is 10.2. The molecule has 3 heterocycles. The van der Waals surface area contributed by atoms with E-state index >= 15 is 0 Å². The minimum Gasteiger partial charge on any atom is -0.255 e. The highest BCUT2D eigenvalue weighted by Gasteiger charge is 2.15. The number of aromatic nitrogens is 3. The van der Waals surface area contributed by atoms with Crippen LogP contribution in [0.25, 0.3) is 28.3 Å². The summed E-state index contributed by atoms with van der Waals surface area (Å²) >= 11 is 0. The number of benzene rings is 1. The summed E-state index contributed by atoms with van der Waals surface area (Å²) < 4.78 is 0. The van der Waals surface area contributed by atoms with Gasteiger partial charge >= 0.3 is 0 Å². The van der Waals surface area contributed by atoms with Crippen LogP contribution in [-0.4, -0.2) is 15.0 Å². The van der Waals surface area contributed by atoms with Crippen LogP contribution in [0.3, 0.4) is 0 Å². The fourth-order valence-electron chi connectivity index (χ4n) is 3.77. The number of pyridine rings is 3. The second kappa shape index (κ2) is 8.26. The average molecular weight is 387 g/mol. The van der Waals surface area contributed by atoms with E-state index in [1.807, 2.05) is 36.4 Å². The van der Waals surface area contributed by atoms with E-state index < -0.39 is 0 Å². The molecule has 0 saturated carbocycles. The Labute approximate surface area is 176 Å². The van der Waals surface area contributed by atoms with Gasteiger partial charge in [0, 0.05) is 18.3 Å². The molecule has 5 rings (SSSR count). The van der Waals surface area contributed by atoms with Gasteiger partial charge in [0.25, 0.3) is 0 Å². The van der Waals surface area contributed by atoms with Gasteiger partial charge in [0.2, 0.25) is 0 Å². The predicted octanol–water partition coefficient (Wildman–Crippen LogP) is 6.33. The molecular formula is C27H21N3. The molecule has 0 bridgehead atoms.